The van der Waals surface area contributed by atoms with Crippen LogP contribution in [0.3, 0.4) is 0 Å². The molecule has 5 fully saturated rings. The van der Waals surface area contributed by atoms with Gasteiger partial charge in [-0.2, -0.15) is 0 Å². The van der Waals surface area contributed by atoms with E-state index in [-0.39, 0.29) is 85.0 Å². The number of rotatable bonds is 28. The summed E-state index contributed by atoms with van der Waals surface area (Å²) in [6.45, 7) is 34.5. The lowest BCUT2D eigenvalue weighted by molar-refractivity contribution is -0.166. The van der Waals surface area contributed by atoms with E-state index in [0.717, 1.165) is 19.3 Å². The Kier molecular flexibility index (Phi) is 20.3. The summed E-state index contributed by atoms with van der Waals surface area (Å²) in [6, 6.07) is 0.567. The van der Waals surface area contributed by atoms with Gasteiger partial charge in [0.15, 0.2) is 25.0 Å². The zero-order chi connectivity index (χ0) is 55.7. The molecule has 4 saturated carbocycles. The second-order valence-electron chi connectivity index (χ2n) is 28.1. The van der Waals surface area contributed by atoms with E-state index in [2.05, 4.69) is 58.9 Å². The van der Waals surface area contributed by atoms with Gasteiger partial charge in [0.2, 0.25) is 0 Å². The number of carboxylic acids is 1. The number of carbonyl (C=O) groups excluding carboxylic acids is 5. The highest BCUT2D eigenvalue weighted by Gasteiger charge is 2.64. The normalized spacial score (nSPS) is 31.1. The van der Waals surface area contributed by atoms with E-state index < -0.39 is 97.7 Å². The minimum atomic E-state index is -3.12. The monoisotopic (exact) mass is 1110 g/mol. The number of aliphatic hydroxyl groups is 1. The summed E-state index contributed by atoms with van der Waals surface area (Å²) in [5, 5.41) is 20.7. The number of cyclic esters (lactones) is 2. The smallest absolute Gasteiger partial charge is 0.469 e. The average molecular weight is 1110 g/mol. The van der Waals surface area contributed by atoms with Crippen LogP contribution in [0.5, 0.6) is 0 Å². The Morgan fingerprint density at radius 1 is 0.649 bits per heavy atom. The predicted octanol–water partition coefficient (Wildman–Crippen LogP) is 10.9. The maximum absolute atomic E-state index is 14.3. The Hall–Kier alpha value is -2.27. The second-order valence-corrected chi connectivity index (χ2v) is 45.1. The highest BCUT2D eigenvalue weighted by molar-refractivity contribution is 6.90. The first-order chi connectivity index (χ1) is 34.0. The summed E-state index contributed by atoms with van der Waals surface area (Å²) in [5.41, 5.74) is -2.11. The largest absolute Gasteiger partial charge is 0.481 e. The Morgan fingerprint density at radius 3 is 1.69 bits per heavy atom. The number of fused-ring (bicyclic) bond motifs is 4. The maximum atomic E-state index is 14.3. The van der Waals surface area contributed by atoms with Crippen LogP contribution in [0.25, 0.3) is 0 Å². The lowest BCUT2D eigenvalue weighted by atomic mass is 9.63. The number of carboxylic acid groups (broad SMARTS) is 1. The first-order valence-electron chi connectivity index (χ1n) is 28.2. The van der Waals surface area contributed by atoms with Crippen molar-refractivity contribution in [3.05, 3.63) is 0 Å². The molecule has 0 aromatic heterocycles. The number of aliphatic hydroxyl groups excluding tert-OH is 1. The van der Waals surface area contributed by atoms with Gasteiger partial charge in [-0.1, -0.05) is 27.7 Å². The van der Waals surface area contributed by atoms with Crippen molar-refractivity contribution in [3.8, 4) is 0 Å². The summed E-state index contributed by atoms with van der Waals surface area (Å²) in [6.07, 6.45) is 7.47. The molecule has 19 heteroatoms. The third-order valence-electron chi connectivity index (χ3n) is 17.1. The van der Waals surface area contributed by atoms with Gasteiger partial charge >= 0.3 is 44.6 Å². The molecule has 14 unspecified atom stereocenters. The number of carbonyl (C=O) groups is 6. The minimum Gasteiger partial charge on any atom is -0.481 e. The number of hydrogen-bond acceptors (Lipinski definition) is 14. The van der Waals surface area contributed by atoms with Crippen LogP contribution in [0, 0.1) is 87.8 Å². The van der Waals surface area contributed by atoms with Crippen LogP contribution in [-0.2, 0) is 60.1 Å². The maximum Gasteiger partial charge on any atom is 0.469 e. The van der Waals surface area contributed by atoms with Gasteiger partial charge in [0, 0.05) is 11.5 Å². The van der Waals surface area contributed by atoms with Crippen molar-refractivity contribution in [3.63, 3.8) is 0 Å². The number of hydrogen-bond donors (Lipinski definition) is 2. The molecule has 5 rings (SSSR count). The quantitative estimate of drug-likeness (QED) is 0.0246. The van der Waals surface area contributed by atoms with E-state index in [1.807, 2.05) is 41.5 Å². The summed E-state index contributed by atoms with van der Waals surface area (Å²) in [7, 11) is -9.37. The Morgan fingerprint density at radius 2 is 1.18 bits per heavy atom. The minimum absolute atomic E-state index is 0.0473. The van der Waals surface area contributed by atoms with Crippen molar-refractivity contribution in [2.75, 3.05) is 19.8 Å². The van der Waals surface area contributed by atoms with Gasteiger partial charge in [-0.25, -0.2) is 0 Å². The molecule has 14 atom stereocenters. The molecule has 0 spiro atoms. The van der Waals surface area contributed by atoms with Crippen molar-refractivity contribution >= 4 is 69.6 Å². The van der Waals surface area contributed by atoms with Crippen LogP contribution in [0.2, 0.25) is 65.0 Å². The zero-order valence-electron chi connectivity index (χ0n) is 48.5. The molecular weight excluding hydrogens is 1010 g/mol. The molecule has 0 aromatic carbocycles. The Bertz CT molecular complexity index is 1960. The summed E-state index contributed by atoms with van der Waals surface area (Å²) < 4.78 is 43.7. The fourth-order valence-corrected chi connectivity index (χ4v) is 28.6. The Balaban J connectivity index is 1.37. The van der Waals surface area contributed by atoms with Crippen LogP contribution in [-0.4, -0.2) is 105 Å². The molecule has 74 heavy (non-hydrogen) atoms. The molecule has 1 saturated heterocycles. The van der Waals surface area contributed by atoms with Crippen molar-refractivity contribution in [1.29, 1.82) is 0 Å². The molecule has 424 valence electrons. The standard InChI is InChI=1S/C55H98O15Si4/c1-18-35-40(49(60)66-48(35)59)24-23-38-37(42-31-43(38)46(45(42)47(57)58)51(62)65-33-54(6,7)32-56)22-21-36-34-29-41(44(30-34)50(61)67-53(3,4)5)39(36)25-26-55(8,19-2)52(63)64-27-20-28-74(68-71(9,10)11,69-72(12,13)14)70-73(15,16)17/h34-46,56H,18-33H2,1-17H3,(H,57,58). The van der Waals surface area contributed by atoms with Gasteiger partial charge in [0.1, 0.15) is 5.60 Å². The van der Waals surface area contributed by atoms with Gasteiger partial charge in [-0.05, 0) is 211 Å². The molecule has 4 aliphatic carbocycles. The van der Waals surface area contributed by atoms with E-state index >= 15 is 0 Å². The Labute approximate surface area is 448 Å². The molecule has 4 bridgehead atoms. The first kappa shape index (κ1) is 62.6. The van der Waals surface area contributed by atoms with Crippen molar-refractivity contribution in [1.82, 2.24) is 0 Å². The van der Waals surface area contributed by atoms with E-state index in [4.69, 9.17) is 31.3 Å². The van der Waals surface area contributed by atoms with Gasteiger partial charge in [0.05, 0.1) is 54.8 Å². The van der Waals surface area contributed by atoms with Crippen LogP contribution in [0.1, 0.15) is 132 Å². The fraction of sp³-hybridized carbons (Fsp3) is 0.891. The van der Waals surface area contributed by atoms with Crippen LogP contribution in [0.4, 0.5) is 0 Å². The molecule has 0 radical (unpaired) electrons. The third-order valence-corrected chi connectivity index (χ3v) is 29.1. The van der Waals surface area contributed by atoms with E-state index in [1.165, 1.54) is 0 Å². The highest BCUT2D eigenvalue weighted by atomic mass is 28.5. The van der Waals surface area contributed by atoms with Crippen LogP contribution >= 0.6 is 0 Å². The van der Waals surface area contributed by atoms with Crippen LogP contribution in [0.15, 0.2) is 0 Å². The average Bonchev–Trinajstić information content (AvgIpc) is 4.07. The highest BCUT2D eigenvalue weighted by Crippen LogP contribution is 2.64. The van der Waals surface area contributed by atoms with Crippen LogP contribution < -0.4 is 0 Å². The number of ether oxygens (including phenoxy) is 4. The van der Waals surface area contributed by atoms with Crippen molar-refractivity contribution < 1.29 is 70.3 Å². The summed E-state index contributed by atoms with van der Waals surface area (Å²) in [4.78, 5) is 81.1. The van der Waals surface area contributed by atoms with Gasteiger partial charge in [0.25, 0.3) is 0 Å². The predicted molar refractivity (Wildman–Crippen MR) is 291 cm³/mol. The molecule has 15 nitrogen and oxygen atoms in total. The number of esters is 5. The zero-order valence-corrected chi connectivity index (χ0v) is 52.5. The van der Waals surface area contributed by atoms with E-state index in [0.29, 0.717) is 63.8 Å². The van der Waals surface area contributed by atoms with Crippen molar-refractivity contribution in [2.24, 2.45) is 87.8 Å². The summed E-state index contributed by atoms with van der Waals surface area (Å²) in [5.74, 6) is -6.31. The number of aliphatic carboxylic acids is 1. The SMILES string of the molecule is CCC1C(=O)OC(=O)C1CCC1C(CCC2C3CC(C(=O)OC(C)(C)C)C(C3)C2CCC(C)(CC)C(=O)OCCC[Si](O[Si](C)(C)C)(O[Si](C)(C)C)O[Si](C)(C)C)C2CC1C(C(=O)OCC(C)(C)CO)C2C(=O)O. The van der Waals surface area contributed by atoms with Crippen molar-refractivity contribution in [2.45, 2.75) is 203 Å². The van der Waals surface area contributed by atoms with E-state index in [9.17, 15) is 39.0 Å². The molecule has 1 aliphatic heterocycles. The van der Waals surface area contributed by atoms with Gasteiger partial charge in [-0.15, -0.1) is 0 Å². The van der Waals surface area contributed by atoms with Gasteiger partial charge < -0.3 is 41.5 Å². The molecule has 0 amide bonds. The molecule has 1 heterocycles. The third kappa shape index (κ3) is 15.7. The molecule has 0 aromatic rings. The topological polar surface area (TPSA) is 207 Å². The molecule has 5 aliphatic rings. The molecule has 2 N–H and O–H groups in total. The molecular formula is C55H98O15Si4. The van der Waals surface area contributed by atoms with Gasteiger partial charge in [-0.3, -0.25) is 28.8 Å². The lowest BCUT2D eigenvalue weighted by Crippen LogP contribution is -2.60. The fourth-order valence-electron chi connectivity index (χ4n) is 14.0. The first-order valence-corrected chi connectivity index (χ1v) is 40.4. The van der Waals surface area contributed by atoms with E-state index in [1.54, 1.807) is 13.8 Å². The lowest BCUT2D eigenvalue weighted by Gasteiger charge is -2.43. The second kappa shape index (κ2) is 24.0. The summed E-state index contributed by atoms with van der Waals surface area (Å²) >= 11 is 0.